The SMILES string of the molecule is COC(=O)c1cc(Br)cc(NS(=O)(=O)C2CC2)c1. The summed E-state index contributed by atoms with van der Waals surface area (Å²) in [5.41, 5.74) is 0.650. The molecule has 7 heteroatoms. The van der Waals surface area contributed by atoms with Crippen LogP contribution in [0.1, 0.15) is 23.2 Å². The van der Waals surface area contributed by atoms with E-state index in [0.717, 1.165) is 0 Å². The molecule has 0 aliphatic heterocycles. The van der Waals surface area contributed by atoms with E-state index in [2.05, 4.69) is 25.4 Å². The van der Waals surface area contributed by atoms with Gasteiger partial charge in [0.2, 0.25) is 10.0 Å². The normalized spacial score (nSPS) is 15.2. The predicted octanol–water partition coefficient (Wildman–Crippen LogP) is 2.14. The number of anilines is 1. The molecule has 0 unspecified atom stereocenters. The molecular formula is C11H12BrNO4S. The Morgan fingerprint density at radius 2 is 2.06 bits per heavy atom. The van der Waals surface area contributed by atoms with Crippen LogP contribution >= 0.6 is 15.9 Å². The largest absolute Gasteiger partial charge is 0.465 e. The second-order valence-electron chi connectivity index (χ2n) is 4.07. The third-order valence-corrected chi connectivity index (χ3v) is 4.87. The Morgan fingerprint density at radius 3 is 2.61 bits per heavy atom. The summed E-state index contributed by atoms with van der Waals surface area (Å²) in [4.78, 5) is 11.4. The van der Waals surface area contributed by atoms with Crippen LogP contribution in [0.3, 0.4) is 0 Å². The monoisotopic (exact) mass is 333 g/mol. The Balaban J connectivity index is 2.28. The molecule has 1 saturated carbocycles. The first-order chi connectivity index (χ1) is 8.42. The first kappa shape index (κ1) is 13.4. The molecule has 2 rings (SSSR count). The number of halogens is 1. The van der Waals surface area contributed by atoms with Crippen LogP contribution in [0, 0.1) is 0 Å². The zero-order valence-corrected chi connectivity index (χ0v) is 12.0. The molecule has 18 heavy (non-hydrogen) atoms. The lowest BCUT2D eigenvalue weighted by Gasteiger charge is -2.09. The fourth-order valence-electron chi connectivity index (χ4n) is 1.51. The lowest BCUT2D eigenvalue weighted by Crippen LogP contribution is -2.17. The van der Waals surface area contributed by atoms with Gasteiger partial charge in [-0.1, -0.05) is 15.9 Å². The number of ether oxygens (including phenoxy) is 1. The van der Waals surface area contributed by atoms with Crippen LogP contribution in [-0.4, -0.2) is 26.7 Å². The van der Waals surface area contributed by atoms with Crippen molar-refractivity contribution in [1.82, 2.24) is 0 Å². The Bertz CT molecular complexity index is 581. The second kappa shape index (κ2) is 4.89. The van der Waals surface area contributed by atoms with Gasteiger partial charge in [0, 0.05) is 4.47 Å². The Hall–Kier alpha value is -1.08. The molecule has 0 amide bonds. The highest BCUT2D eigenvalue weighted by Crippen LogP contribution is 2.30. The minimum absolute atomic E-state index is 0.292. The molecule has 98 valence electrons. The van der Waals surface area contributed by atoms with Gasteiger partial charge in [-0.25, -0.2) is 13.2 Å². The van der Waals surface area contributed by atoms with Crippen molar-refractivity contribution >= 4 is 37.6 Å². The van der Waals surface area contributed by atoms with E-state index in [9.17, 15) is 13.2 Å². The van der Waals surface area contributed by atoms with Gasteiger partial charge in [0.1, 0.15) is 0 Å². The molecular weight excluding hydrogens is 322 g/mol. The first-order valence-corrected chi connectivity index (χ1v) is 7.67. The zero-order valence-electron chi connectivity index (χ0n) is 9.64. The van der Waals surface area contributed by atoms with Gasteiger partial charge in [0.25, 0.3) is 0 Å². The number of esters is 1. The molecule has 1 aliphatic carbocycles. The lowest BCUT2D eigenvalue weighted by atomic mass is 10.2. The van der Waals surface area contributed by atoms with Crippen molar-refractivity contribution in [2.75, 3.05) is 11.8 Å². The minimum Gasteiger partial charge on any atom is -0.465 e. The highest BCUT2D eigenvalue weighted by molar-refractivity contribution is 9.10. The standard InChI is InChI=1S/C11H12BrNO4S/c1-17-11(14)7-4-8(12)6-9(5-7)13-18(15,16)10-2-3-10/h4-6,10,13H,2-3H2,1H3. The quantitative estimate of drug-likeness (QED) is 0.857. The van der Waals surface area contributed by atoms with E-state index < -0.39 is 16.0 Å². The van der Waals surface area contributed by atoms with Gasteiger partial charge in [0.05, 0.1) is 23.6 Å². The molecule has 0 spiro atoms. The number of rotatable bonds is 4. The number of sulfonamides is 1. The number of methoxy groups -OCH3 is 1. The van der Waals surface area contributed by atoms with Gasteiger partial charge in [-0.2, -0.15) is 0 Å². The summed E-state index contributed by atoms with van der Waals surface area (Å²) in [5.74, 6) is -0.511. The van der Waals surface area contributed by atoms with Gasteiger partial charge in [-0.15, -0.1) is 0 Å². The van der Waals surface area contributed by atoms with E-state index in [1.807, 2.05) is 0 Å². The molecule has 0 heterocycles. The molecule has 0 atom stereocenters. The van der Waals surface area contributed by atoms with Crippen molar-refractivity contribution in [1.29, 1.82) is 0 Å². The summed E-state index contributed by atoms with van der Waals surface area (Å²) in [6, 6.07) is 4.63. The number of hydrogen-bond donors (Lipinski definition) is 1. The number of carbonyl (C=O) groups is 1. The maximum atomic E-state index is 11.8. The third kappa shape index (κ3) is 3.02. The van der Waals surface area contributed by atoms with Crippen molar-refractivity contribution in [3.63, 3.8) is 0 Å². The van der Waals surface area contributed by atoms with Crippen LogP contribution < -0.4 is 4.72 Å². The third-order valence-electron chi connectivity index (χ3n) is 2.54. The van der Waals surface area contributed by atoms with Gasteiger partial charge in [0.15, 0.2) is 0 Å². The van der Waals surface area contributed by atoms with Crippen molar-refractivity contribution in [3.05, 3.63) is 28.2 Å². The molecule has 0 bridgehead atoms. The van der Waals surface area contributed by atoms with E-state index >= 15 is 0 Å². The first-order valence-electron chi connectivity index (χ1n) is 5.33. The number of hydrogen-bond acceptors (Lipinski definition) is 4. The molecule has 0 saturated heterocycles. The van der Waals surface area contributed by atoms with Crippen LogP contribution in [0.25, 0.3) is 0 Å². The topological polar surface area (TPSA) is 72.5 Å². The smallest absolute Gasteiger partial charge is 0.337 e. The van der Waals surface area contributed by atoms with Crippen LogP contribution in [0.15, 0.2) is 22.7 Å². The maximum Gasteiger partial charge on any atom is 0.337 e. The van der Waals surface area contributed by atoms with Gasteiger partial charge in [-0.05, 0) is 31.0 Å². The van der Waals surface area contributed by atoms with Crippen molar-refractivity contribution in [3.8, 4) is 0 Å². The highest BCUT2D eigenvalue weighted by Gasteiger charge is 2.35. The van der Waals surface area contributed by atoms with Crippen LogP contribution in [-0.2, 0) is 14.8 Å². The van der Waals surface area contributed by atoms with Crippen molar-refractivity contribution < 1.29 is 17.9 Å². The van der Waals surface area contributed by atoms with E-state index in [1.165, 1.54) is 13.2 Å². The van der Waals surface area contributed by atoms with Crippen LogP contribution in [0.5, 0.6) is 0 Å². The van der Waals surface area contributed by atoms with Crippen LogP contribution in [0.4, 0.5) is 5.69 Å². The van der Waals surface area contributed by atoms with E-state index in [1.54, 1.807) is 12.1 Å². The Labute approximate surface area is 114 Å². The fourth-order valence-corrected chi connectivity index (χ4v) is 3.37. The lowest BCUT2D eigenvalue weighted by molar-refractivity contribution is 0.0600. The summed E-state index contributed by atoms with van der Waals surface area (Å²) < 4.78 is 31.2. The number of nitrogens with one attached hydrogen (secondary N) is 1. The van der Waals surface area contributed by atoms with Crippen molar-refractivity contribution in [2.45, 2.75) is 18.1 Å². The highest BCUT2D eigenvalue weighted by atomic mass is 79.9. The van der Waals surface area contributed by atoms with E-state index in [4.69, 9.17) is 0 Å². The van der Waals surface area contributed by atoms with Gasteiger partial charge >= 0.3 is 5.97 Å². The molecule has 5 nitrogen and oxygen atoms in total. The molecule has 1 aliphatic rings. The molecule has 1 fully saturated rings. The minimum atomic E-state index is -3.33. The van der Waals surface area contributed by atoms with Crippen LogP contribution in [0.2, 0.25) is 0 Å². The summed E-state index contributed by atoms with van der Waals surface area (Å²) in [6.45, 7) is 0. The molecule has 1 N–H and O–H groups in total. The van der Waals surface area contributed by atoms with Crippen molar-refractivity contribution in [2.24, 2.45) is 0 Å². The Kier molecular flexibility index (Phi) is 3.63. The number of benzene rings is 1. The predicted molar refractivity (Wildman–Crippen MR) is 71.0 cm³/mol. The summed E-state index contributed by atoms with van der Waals surface area (Å²) in [7, 11) is -2.05. The second-order valence-corrected chi connectivity index (χ2v) is 6.94. The number of carbonyl (C=O) groups excluding carboxylic acids is 1. The molecule has 0 aromatic heterocycles. The Morgan fingerprint density at radius 1 is 1.39 bits per heavy atom. The zero-order chi connectivity index (χ0) is 13.3. The summed E-state index contributed by atoms with van der Waals surface area (Å²) in [5, 5.41) is -0.307. The average molecular weight is 334 g/mol. The maximum absolute atomic E-state index is 11.8. The fraction of sp³-hybridized carbons (Fsp3) is 0.364. The van der Waals surface area contributed by atoms with E-state index in [0.29, 0.717) is 28.6 Å². The molecule has 1 aromatic carbocycles. The average Bonchev–Trinajstić information content (AvgIpc) is 3.10. The summed E-state index contributed by atoms with van der Waals surface area (Å²) in [6.07, 6.45) is 1.38. The van der Waals surface area contributed by atoms with Gasteiger partial charge < -0.3 is 4.74 Å². The molecule has 0 radical (unpaired) electrons. The molecule has 1 aromatic rings. The van der Waals surface area contributed by atoms with E-state index in [-0.39, 0.29) is 5.25 Å². The van der Waals surface area contributed by atoms with Gasteiger partial charge in [-0.3, -0.25) is 4.72 Å². The summed E-state index contributed by atoms with van der Waals surface area (Å²) >= 11 is 3.23.